The highest BCUT2D eigenvalue weighted by Gasteiger charge is 2.29. The van der Waals surface area contributed by atoms with E-state index in [-0.39, 0.29) is 30.9 Å². The fraction of sp³-hybridized carbons (Fsp3) is 0.121. The minimum absolute atomic E-state index is 0.0237. The van der Waals surface area contributed by atoms with Gasteiger partial charge in [0.15, 0.2) is 5.69 Å². The number of rotatable bonds is 9. The van der Waals surface area contributed by atoms with Gasteiger partial charge >= 0.3 is 12.1 Å². The lowest BCUT2D eigenvalue weighted by atomic mass is 9.97. The van der Waals surface area contributed by atoms with E-state index in [0.29, 0.717) is 27.3 Å². The number of amides is 1. The van der Waals surface area contributed by atoms with Crippen LogP contribution < -0.4 is 15.3 Å². The van der Waals surface area contributed by atoms with Crippen LogP contribution in [0.25, 0.3) is 21.9 Å². The van der Waals surface area contributed by atoms with Crippen LogP contribution in [0.2, 0.25) is 5.02 Å². The molecule has 0 aliphatic carbocycles. The number of hydrogen-bond donors (Lipinski definition) is 0. The number of carbonyl (C=O) groups is 2. The molecule has 5 rings (SSSR count). The molecule has 9 heteroatoms. The number of esters is 1. The summed E-state index contributed by atoms with van der Waals surface area (Å²) in [5.74, 6) is -0.205. The topological polar surface area (TPSA) is 87.1 Å². The predicted molar refractivity (Wildman–Crippen MR) is 162 cm³/mol. The Labute approximate surface area is 247 Å². The Kier molecular flexibility index (Phi) is 8.84. The Morgan fingerprint density at radius 3 is 2.12 bits per heavy atom. The van der Waals surface area contributed by atoms with Crippen molar-refractivity contribution < 1.29 is 23.8 Å². The van der Waals surface area contributed by atoms with E-state index in [0.717, 1.165) is 15.2 Å². The van der Waals surface area contributed by atoms with Gasteiger partial charge in [-0.25, -0.2) is 19.3 Å². The second-order valence-electron chi connectivity index (χ2n) is 9.26. The summed E-state index contributed by atoms with van der Waals surface area (Å²) in [5, 5.41) is 2.05. The minimum Gasteiger partial charge on any atom is -0.490 e. The van der Waals surface area contributed by atoms with Crippen LogP contribution in [0.4, 0.5) is 4.79 Å². The highest BCUT2D eigenvalue weighted by molar-refractivity contribution is 6.31. The van der Waals surface area contributed by atoms with Gasteiger partial charge in [0.25, 0.3) is 5.56 Å². The van der Waals surface area contributed by atoms with Crippen LogP contribution in [-0.4, -0.2) is 37.0 Å². The summed E-state index contributed by atoms with van der Waals surface area (Å²) in [6, 6.07) is 32.0. The maximum atomic E-state index is 13.9. The SMILES string of the molecule is CN(C(=O)OCc1ccccc1)n1c(C(=O)OCCOc2ccccc2)c(-c2ccccc2)c2cc(Cl)ccc2c1=O. The van der Waals surface area contributed by atoms with Crippen molar-refractivity contribution in [3.63, 3.8) is 0 Å². The second-order valence-corrected chi connectivity index (χ2v) is 9.69. The molecular weight excluding hydrogens is 556 g/mol. The van der Waals surface area contributed by atoms with Crippen molar-refractivity contribution in [2.45, 2.75) is 6.61 Å². The van der Waals surface area contributed by atoms with Crippen LogP contribution in [0.5, 0.6) is 5.75 Å². The van der Waals surface area contributed by atoms with Gasteiger partial charge in [0.2, 0.25) is 0 Å². The first-order valence-electron chi connectivity index (χ1n) is 13.2. The number of carbonyl (C=O) groups excluding carboxylic acids is 2. The average Bonchev–Trinajstić information content (AvgIpc) is 3.02. The number of pyridine rings is 1. The van der Waals surface area contributed by atoms with Gasteiger partial charge < -0.3 is 14.2 Å². The van der Waals surface area contributed by atoms with Gasteiger partial charge in [-0.15, -0.1) is 0 Å². The molecule has 0 N–H and O–H groups in total. The van der Waals surface area contributed by atoms with E-state index >= 15 is 0 Å². The van der Waals surface area contributed by atoms with Gasteiger partial charge in [-0.05, 0) is 46.8 Å². The number of fused-ring (bicyclic) bond motifs is 1. The van der Waals surface area contributed by atoms with E-state index in [2.05, 4.69) is 0 Å². The summed E-state index contributed by atoms with van der Waals surface area (Å²) in [7, 11) is 1.36. The molecule has 0 bridgehead atoms. The molecule has 4 aromatic carbocycles. The fourth-order valence-corrected chi connectivity index (χ4v) is 4.68. The number of ether oxygens (including phenoxy) is 3. The Morgan fingerprint density at radius 1 is 0.786 bits per heavy atom. The summed E-state index contributed by atoms with van der Waals surface area (Å²) >= 11 is 6.35. The zero-order chi connectivity index (χ0) is 29.5. The summed E-state index contributed by atoms with van der Waals surface area (Å²) < 4.78 is 17.8. The Morgan fingerprint density at radius 2 is 1.43 bits per heavy atom. The molecule has 0 atom stereocenters. The molecule has 0 spiro atoms. The molecule has 0 aliphatic rings. The van der Waals surface area contributed by atoms with Crippen molar-refractivity contribution >= 4 is 34.4 Å². The van der Waals surface area contributed by atoms with E-state index < -0.39 is 17.6 Å². The monoisotopic (exact) mass is 582 g/mol. The maximum Gasteiger partial charge on any atom is 0.429 e. The number of benzene rings is 4. The molecule has 5 aromatic rings. The van der Waals surface area contributed by atoms with E-state index in [4.69, 9.17) is 25.8 Å². The quantitative estimate of drug-likeness (QED) is 0.146. The molecule has 1 heterocycles. The number of halogens is 1. The van der Waals surface area contributed by atoms with E-state index in [1.165, 1.54) is 7.05 Å². The Balaban J connectivity index is 1.57. The van der Waals surface area contributed by atoms with E-state index in [9.17, 15) is 14.4 Å². The highest BCUT2D eigenvalue weighted by Crippen LogP contribution is 2.33. The Bertz CT molecular complexity index is 1760. The van der Waals surface area contributed by atoms with Gasteiger partial charge in [-0.1, -0.05) is 90.5 Å². The molecule has 0 fully saturated rings. The standard InChI is InChI=1S/C33H27ClN2O6/c1-35(33(39)42-22-23-11-5-2-6-12-23)36-30(32(38)41-20-19-40-26-15-9-4-10-16-26)29(24-13-7-3-8-14-24)28-21-25(34)17-18-27(28)31(36)37/h2-18,21H,19-20,22H2,1H3. The summed E-state index contributed by atoms with van der Waals surface area (Å²) in [4.78, 5) is 41.0. The van der Waals surface area contributed by atoms with Crippen LogP contribution in [0.15, 0.2) is 114 Å². The smallest absolute Gasteiger partial charge is 0.429 e. The molecule has 0 radical (unpaired) electrons. The van der Waals surface area contributed by atoms with Crippen molar-refractivity contribution in [1.29, 1.82) is 0 Å². The molecule has 0 saturated heterocycles. The Hall–Kier alpha value is -5.08. The van der Waals surface area contributed by atoms with E-state index in [1.807, 2.05) is 66.7 Å². The van der Waals surface area contributed by atoms with Crippen LogP contribution in [0.3, 0.4) is 0 Å². The predicted octanol–water partition coefficient (Wildman–Crippen LogP) is 6.46. The molecule has 0 aliphatic heterocycles. The fourth-order valence-electron chi connectivity index (χ4n) is 4.50. The van der Waals surface area contributed by atoms with Crippen molar-refractivity contribution in [2.75, 3.05) is 25.3 Å². The number of nitrogens with zero attached hydrogens (tertiary/aromatic N) is 2. The number of aromatic nitrogens is 1. The summed E-state index contributed by atoms with van der Waals surface area (Å²) in [6.45, 7) is -0.0506. The third kappa shape index (κ3) is 6.29. The van der Waals surface area contributed by atoms with Crippen molar-refractivity contribution in [2.24, 2.45) is 0 Å². The molecule has 42 heavy (non-hydrogen) atoms. The minimum atomic E-state index is -0.838. The van der Waals surface area contributed by atoms with Crippen LogP contribution >= 0.6 is 11.6 Å². The van der Waals surface area contributed by atoms with E-state index in [1.54, 1.807) is 42.5 Å². The zero-order valence-electron chi connectivity index (χ0n) is 22.7. The average molecular weight is 583 g/mol. The van der Waals surface area contributed by atoms with Crippen LogP contribution in [0, 0.1) is 0 Å². The lowest BCUT2D eigenvalue weighted by molar-refractivity contribution is 0.0437. The molecule has 212 valence electrons. The largest absolute Gasteiger partial charge is 0.490 e. The third-order valence-electron chi connectivity index (χ3n) is 6.48. The first kappa shape index (κ1) is 28.4. The normalized spacial score (nSPS) is 10.7. The first-order valence-corrected chi connectivity index (χ1v) is 13.5. The van der Waals surface area contributed by atoms with Crippen LogP contribution in [-0.2, 0) is 16.1 Å². The van der Waals surface area contributed by atoms with Gasteiger partial charge in [0.05, 0.1) is 0 Å². The molecule has 1 aromatic heterocycles. The van der Waals surface area contributed by atoms with Gasteiger partial charge in [-0.3, -0.25) is 4.79 Å². The highest BCUT2D eigenvalue weighted by atomic mass is 35.5. The molecular formula is C33H27ClN2O6. The number of hydrogen-bond acceptors (Lipinski definition) is 6. The second kappa shape index (κ2) is 13.1. The van der Waals surface area contributed by atoms with Crippen molar-refractivity contribution in [3.8, 4) is 16.9 Å². The molecule has 0 unspecified atom stereocenters. The van der Waals surface area contributed by atoms with Crippen molar-refractivity contribution in [1.82, 2.24) is 4.68 Å². The van der Waals surface area contributed by atoms with Crippen molar-refractivity contribution in [3.05, 3.63) is 136 Å². The van der Waals surface area contributed by atoms with Gasteiger partial charge in [-0.2, -0.15) is 0 Å². The van der Waals surface area contributed by atoms with Gasteiger partial charge in [0.1, 0.15) is 25.6 Å². The van der Waals surface area contributed by atoms with Gasteiger partial charge in [0, 0.05) is 23.0 Å². The lowest BCUT2D eigenvalue weighted by Crippen LogP contribution is -2.46. The first-order chi connectivity index (χ1) is 20.4. The molecule has 0 saturated carbocycles. The summed E-state index contributed by atoms with van der Waals surface area (Å²) in [6.07, 6.45) is -0.838. The summed E-state index contributed by atoms with van der Waals surface area (Å²) in [5.41, 5.74) is 0.997. The zero-order valence-corrected chi connectivity index (χ0v) is 23.5. The third-order valence-corrected chi connectivity index (χ3v) is 6.71. The lowest BCUT2D eigenvalue weighted by Gasteiger charge is -2.25. The maximum absolute atomic E-state index is 13.9. The van der Waals surface area contributed by atoms with Crippen LogP contribution in [0.1, 0.15) is 16.1 Å². The molecule has 1 amide bonds. The number of para-hydroxylation sites is 1. The molecule has 8 nitrogen and oxygen atoms in total.